The normalized spacial score (nSPS) is 10.0. The Morgan fingerprint density at radius 1 is 1.43 bits per heavy atom. The zero-order chi connectivity index (χ0) is 9.80. The van der Waals surface area contributed by atoms with Gasteiger partial charge in [0.05, 0.1) is 17.6 Å². The summed E-state index contributed by atoms with van der Waals surface area (Å²) in [7, 11) is 0. The molecule has 6 nitrogen and oxygen atoms in total. The third kappa shape index (κ3) is 2.13. The van der Waals surface area contributed by atoms with Crippen molar-refractivity contribution in [2.75, 3.05) is 11.1 Å². The molecule has 2 aromatic rings. The summed E-state index contributed by atoms with van der Waals surface area (Å²) in [5, 5.41) is 6.81. The van der Waals surface area contributed by atoms with Gasteiger partial charge in [0, 0.05) is 6.07 Å². The lowest BCUT2D eigenvalue weighted by Gasteiger charge is -2.02. The average Bonchev–Trinajstić information content (AvgIpc) is 2.67. The number of hydrogen-bond donors (Lipinski definition) is 2. The Kier molecular flexibility index (Phi) is 2.50. The highest BCUT2D eigenvalue weighted by Gasteiger charge is 1.97. The molecule has 72 valence electrons. The average molecular weight is 208 g/mol. The van der Waals surface area contributed by atoms with Crippen LogP contribution < -0.4 is 11.1 Å². The monoisotopic (exact) mass is 208 g/mol. The van der Waals surface area contributed by atoms with Crippen molar-refractivity contribution in [3.63, 3.8) is 0 Å². The summed E-state index contributed by atoms with van der Waals surface area (Å²) in [4.78, 5) is 8.83. The molecular weight excluding hydrogens is 200 g/mol. The van der Waals surface area contributed by atoms with Crippen LogP contribution in [0.3, 0.4) is 0 Å². The van der Waals surface area contributed by atoms with Crippen molar-refractivity contribution in [2.24, 2.45) is 0 Å². The minimum absolute atomic E-state index is 0.449. The van der Waals surface area contributed by atoms with E-state index < -0.39 is 0 Å². The number of nitrogens with two attached hydrogens (primary N) is 1. The van der Waals surface area contributed by atoms with Crippen molar-refractivity contribution >= 4 is 23.2 Å². The first-order valence-corrected chi connectivity index (χ1v) is 4.69. The van der Waals surface area contributed by atoms with Gasteiger partial charge in [0.15, 0.2) is 0 Å². The minimum atomic E-state index is 0.449. The number of anilines is 2. The topological polar surface area (TPSA) is 89.6 Å². The van der Waals surface area contributed by atoms with Crippen molar-refractivity contribution in [2.45, 2.75) is 6.54 Å². The first kappa shape index (κ1) is 8.82. The molecule has 0 amide bonds. The van der Waals surface area contributed by atoms with E-state index in [9.17, 15) is 0 Å². The van der Waals surface area contributed by atoms with E-state index in [0.29, 0.717) is 18.2 Å². The Hall–Kier alpha value is -1.76. The van der Waals surface area contributed by atoms with Crippen molar-refractivity contribution in [1.82, 2.24) is 19.6 Å². The van der Waals surface area contributed by atoms with Crippen LogP contribution in [0.2, 0.25) is 0 Å². The molecular formula is C7H8N6S. The molecule has 0 saturated heterocycles. The second-order valence-corrected chi connectivity index (χ2v) is 3.44. The van der Waals surface area contributed by atoms with Gasteiger partial charge in [-0.25, -0.2) is 9.97 Å². The molecule has 0 aliphatic carbocycles. The molecule has 0 radical (unpaired) electrons. The molecule has 0 unspecified atom stereocenters. The van der Waals surface area contributed by atoms with E-state index in [1.807, 2.05) is 0 Å². The maximum absolute atomic E-state index is 5.49. The van der Waals surface area contributed by atoms with E-state index in [1.165, 1.54) is 17.9 Å². The maximum Gasteiger partial charge on any atom is 0.131 e. The molecule has 0 aliphatic heterocycles. The summed E-state index contributed by atoms with van der Waals surface area (Å²) in [5.41, 5.74) is 5.49. The first-order chi connectivity index (χ1) is 6.84. The van der Waals surface area contributed by atoms with E-state index in [2.05, 4.69) is 24.9 Å². The standard InChI is InChI=1S/C7H8N6S/c8-6-1-7(11-4-10-6)9-2-5-3-12-13-14-5/h1,3-4H,2H2,(H3,8,9,10,11). The van der Waals surface area contributed by atoms with Gasteiger partial charge in [-0.1, -0.05) is 4.49 Å². The predicted molar refractivity (Wildman–Crippen MR) is 53.7 cm³/mol. The van der Waals surface area contributed by atoms with Crippen LogP contribution in [0.1, 0.15) is 4.88 Å². The fourth-order valence-corrected chi connectivity index (χ4v) is 1.34. The molecule has 0 aliphatic rings. The Bertz CT molecular complexity index is 400. The van der Waals surface area contributed by atoms with Gasteiger partial charge in [0.2, 0.25) is 0 Å². The fraction of sp³-hybridized carbons (Fsp3) is 0.143. The van der Waals surface area contributed by atoms with E-state index in [1.54, 1.807) is 12.3 Å². The highest BCUT2D eigenvalue weighted by atomic mass is 32.1. The molecule has 0 bridgehead atoms. The third-order valence-electron chi connectivity index (χ3n) is 1.54. The molecule has 0 atom stereocenters. The van der Waals surface area contributed by atoms with Gasteiger partial charge in [-0.15, -0.1) is 5.10 Å². The summed E-state index contributed by atoms with van der Waals surface area (Å²) in [6.45, 7) is 0.647. The molecule has 7 heteroatoms. The number of nitrogen functional groups attached to an aromatic ring is 1. The molecule has 0 fully saturated rings. The first-order valence-electron chi connectivity index (χ1n) is 3.92. The molecule has 0 aromatic carbocycles. The van der Waals surface area contributed by atoms with Crippen LogP contribution in [-0.2, 0) is 6.54 Å². The van der Waals surface area contributed by atoms with Crippen LogP contribution in [0, 0.1) is 0 Å². The summed E-state index contributed by atoms with van der Waals surface area (Å²) >= 11 is 1.35. The predicted octanol–water partition coefficient (Wildman–Crippen LogP) is 0.522. The summed E-state index contributed by atoms with van der Waals surface area (Å²) in [6, 6.07) is 1.68. The quantitative estimate of drug-likeness (QED) is 0.764. The largest absolute Gasteiger partial charge is 0.384 e. The Labute approximate surface area is 84.4 Å². The third-order valence-corrected chi connectivity index (χ3v) is 2.20. The van der Waals surface area contributed by atoms with E-state index >= 15 is 0 Å². The lowest BCUT2D eigenvalue weighted by Crippen LogP contribution is -2.01. The van der Waals surface area contributed by atoms with Gasteiger partial charge in [0.1, 0.15) is 18.0 Å². The van der Waals surface area contributed by atoms with E-state index in [4.69, 9.17) is 5.73 Å². The lowest BCUT2D eigenvalue weighted by atomic mass is 10.5. The SMILES string of the molecule is Nc1cc(NCc2cnns2)ncn1. The summed E-state index contributed by atoms with van der Waals surface area (Å²) in [5.74, 6) is 1.15. The molecule has 0 spiro atoms. The highest BCUT2D eigenvalue weighted by Crippen LogP contribution is 2.08. The number of hydrogen-bond acceptors (Lipinski definition) is 7. The highest BCUT2D eigenvalue weighted by molar-refractivity contribution is 7.05. The van der Waals surface area contributed by atoms with Crippen LogP contribution in [0.5, 0.6) is 0 Å². The van der Waals surface area contributed by atoms with Gasteiger partial charge in [-0.3, -0.25) is 0 Å². The summed E-state index contributed by atoms with van der Waals surface area (Å²) in [6.07, 6.45) is 3.13. The molecule has 14 heavy (non-hydrogen) atoms. The Balaban J connectivity index is 1.98. The lowest BCUT2D eigenvalue weighted by molar-refractivity contribution is 1.09. The van der Waals surface area contributed by atoms with Gasteiger partial charge in [-0.2, -0.15) is 0 Å². The molecule has 2 aromatic heterocycles. The fourth-order valence-electron chi connectivity index (χ4n) is 0.912. The van der Waals surface area contributed by atoms with Crippen LogP contribution in [-0.4, -0.2) is 19.6 Å². The summed E-state index contributed by atoms with van der Waals surface area (Å²) < 4.78 is 3.75. The van der Waals surface area contributed by atoms with Crippen LogP contribution >= 0.6 is 11.5 Å². The molecule has 2 heterocycles. The zero-order valence-corrected chi connectivity index (χ0v) is 8.03. The van der Waals surface area contributed by atoms with Crippen molar-refractivity contribution in [3.05, 3.63) is 23.5 Å². The van der Waals surface area contributed by atoms with Crippen LogP contribution in [0.25, 0.3) is 0 Å². The Morgan fingerprint density at radius 2 is 2.36 bits per heavy atom. The zero-order valence-electron chi connectivity index (χ0n) is 7.21. The van der Waals surface area contributed by atoms with Gasteiger partial charge in [-0.05, 0) is 11.5 Å². The van der Waals surface area contributed by atoms with Gasteiger partial charge < -0.3 is 11.1 Å². The van der Waals surface area contributed by atoms with Gasteiger partial charge >= 0.3 is 0 Å². The number of rotatable bonds is 3. The Morgan fingerprint density at radius 3 is 3.07 bits per heavy atom. The molecule has 0 saturated carbocycles. The number of nitrogens with one attached hydrogen (secondary N) is 1. The van der Waals surface area contributed by atoms with Crippen molar-refractivity contribution in [3.8, 4) is 0 Å². The van der Waals surface area contributed by atoms with Crippen LogP contribution in [0.15, 0.2) is 18.6 Å². The minimum Gasteiger partial charge on any atom is -0.384 e. The number of aromatic nitrogens is 4. The molecule has 2 rings (SSSR count). The van der Waals surface area contributed by atoms with Crippen molar-refractivity contribution < 1.29 is 0 Å². The van der Waals surface area contributed by atoms with Crippen molar-refractivity contribution in [1.29, 1.82) is 0 Å². The second-order valence-electron chi connectivity index (χ2n) is 2.57. The second kappa shape index (κ2) is 3.97. The van der Waals surface area contributed by atoms with Gasteiger partial charge in [0.25, 0.3) is 0 Å². The van der Waals surface area contributed by atoms with E-state index in [-0.39, 0.29) is 0 Å². The molecule has 3 N–H and O–H groups in total. The number of nitrogens with zero attached hydrogens (tertiary/aromatic N) is 4. The maximum atomic E-state index is 5.49. The van der Waals surface area contributed by atoms with E-state index in [0.717, 1.165) is 4.88 Å². The van der Waals surface area contributed by atoms with Crippen LogP contribution in [0.4, 0.5) is 11.6 Å². The smallest absolute Gasteiger partial charge is 0.131 e.